The normalized spacial score (nSPS) is 11.4. The topological polar surface area (TPSA) is 70.2 Å². The van der Waals surface area contributed by atoms with Crippen LogP contribution in [0, 0.1) is 13.8 Å². The summed E-state index contributed by atoms with van der Waals surface area (Å²) >= 11 is 0. The smallest absolute Gasteiger partial charge is 0.251 e. The molecule has 3 aromatic rings. The first-order valence-electron chi connectivity index (χ1n) is 9.99. The van der Waals surface area contributed by atoms with Gasteiger partial charge in [-0.15, -0.1) is 0 Å². The summed E-state index contributed by atoms with van der Waals surface area (Å²) in [5.41, 5.74) is 5.21. The molecule has 0 aliphatic rings. The number of carbonyl (C=O) groups excluding carboxylic acids is 2. The van der Waals surface area contributed by atoms with Gasteiger partial charge in [0.1, 0.15) is 0 Å². The van der Waals surface area contributed by atoms with Crippen LogP contribution in [0.5, 0.6) is 0 Å². The molecule has 0 aliphatic heterocycles. The average molecular weight is 402 g/mol. The molecule has 0 saturated carbocycles. The van der Waals surface area contributed by atoms with Gasteiger partial charge in [0.05, 0.1) is 12.6 Å². The van der Waals surface area contributed by atoms with Gasteiger partial charge in [-0.1, -0.05) is 48.5 Å². The molecule has 0 heterocycles. The van der Waals surface area contributed by atoms with Crippen molar-refractivity contribution >= 4 is 23.2 Å². The van der Waals surface area contributed by atoms with Crippen LogP contribution in [0.4, 0.5) is 11.4 Å². The molecule has 0 saturated heterocycles. The molecule has 2 amide bonds. The Kier molecular flexibility index (Phi) is 6.86. The fourth-order valence-electron chi connectivity index (χ4n) is 3.12. The Morgan fingerprint density at radius 2 is 1.67 bits per heavy atom. The molecule has 30 heavy (non-hydrogen) atoms. The van der Waals surface area contributed by atoms with Crippen molar-refractivity contribution in [1.82, 2.24) is 5.32 Å². The minimum absolute atomic E-state index is 0.0985. The minimum atomic E-state index is -0.158. The van der Waals surface area contributed by atoms with Crippen LogP contribution in [0.3, 0.4) is 0 Å². The summed E-state index contributed by atoms with van der Waals surface area (Å²) in [6, 6.07) is 22.8. The summed E-state index contributed by atoms with van der Waals surface area (Å²) in [5.74, 6) is -0.300. The number of aryl methyl sites for hydroxylation is 2. The van der Waals surface area contributed by atoms with Crippen molar-refractivity contribution in [2.24, 2.45) is 0 Å². The van der Waals surface area contributed by atoms with Crippen molar-refractivity contribution in [1.29, 1.82) is 0 Å². The van der Waals surface area contributed by atoms with Gasteiger partial charge in [-0.3, -0.25) is 9.59 Å². The highest BCUT2D eigenvalue weighted by Crippen LogP contribution is 2.17. The maximum atomic E-state index is 12.6. The second-order valence-electron chi connectivity index (χ2n) is 7.41. The molecule has 3 rings (SSSR count). The average Bonchev–Trinajstić information content (AvgIpc) is 2.75. The van der Waals surface area contributed by atoms with Gasteiger partial charge in [-0.05, 0) is 61.7 Å². The van der Waals surface area contributed by atoms with Crippen molar-refractivity contribution in [3.8, 4) is 0 Å². The summed E-state index contributed by atoms with van der Waals surface area (Å²) in [7, 11) is 0. The highest BCUT2D eigenvalue weighted by Gasteiger charge is 2.12. The molecular weight excluding hydrogens is 374 g/mol. The van der Waals surface area contributed by atoms with E-state index in [1.807, 2.05) is 75.4 Å². The van der Waals surface area contributed by atoms with Gasteiger partial charge >= 0.3 is 0 Å². The number of benzene rings is 3. The second kappa shape index (κ2) is 9.74. The summed E-state index contributed by atoms with van der Waals surface area (Å²) in [6.07, 6.45) is 0. The van der Waals surface area contributed by atoms with Crippen LogP contribution < -0.4 is 16.0 Å². The molecule has 0 fully saturated rings. The van der Waals surface area contributed by atoms with E-state index in [9.17, 15) is 9.59 Å². The fraction of sp³-hybridized carbons (Fsp3) is 0.200. The molecule has 1 unspecified atom stereocenters. The van der Waals surface area contributed by atoms with E-state index in [0.717, 1.165) is 22.4 Å². The quantitative estimate of drug-likeness (QED) is 0.530. The zero-order valence-corrected chi connectivity index (χ0v) is 17.5. The van der Waals surface area contributed by atoms with Crippen LogP contribution in [0.15, 0.2) is 72.8 Å². The molecule has 5 heteroatoms. The lowest BCUT2D eigenvalue weighted by atomic mass is 10.1. The van der Waals surface area contributed by atoms with Gasteiger partial charge in [0.2, 0.25) is 5.91 Å². The lowest BCUT2D eigenvalue weighted by Crippen LogP contribution is -2.27. The molecule has 0 bridgehead atoms. The van der Waals surface area contributed by atoms with Crippen LogP contribution in [0.2, 0.25) is 0 Å². The van der Waals surface area contributed by atoms with Crippen LogP contribution in [-0.4, -0.2) is 18.4 Å². The first kappa shape index (κ1) is 21.1. The lowest BCUT2D eigenvalue weighted by Gasteiger charge is -2.15. The van der Waals surface area contributed by atoms with Gasteiger partial charge in [-0.25, -0.2) is 0 Å². The Labute approximate surface area is 177 Å². The van der Waals surface area contributed by atoms with E-state index in [-0.39, 0.29) is 24.4 Å². The number of rotatable bonds is 7. The molecule has 1 atom stereocenters. The molecule has 0 aliphatic carbocycles. The van der Waals surface area contributed by atoms with Crippen molar-refractivity contribution < 1.29 is 9.59 Å². The van der Waals surface area contributed by atoms with Crippen molar-refractivity contribution in [2.75, 3.05) is 17.2 Å². The number of hydrogen-bond acceptors (Lipinski definition) is 3. The summed E-state index contributed by atoms with van der Waals surface area (Å²) < 4.78 is 0. The van der Waals surface area contributed by atoms with E-state index >= 15 is 0 Å². The first-order valence-corrected chi connectivity index (χ1v) is 9.99. The van der Waals surface area contributed by atoms with Crippen LogP contribution >= 0.6 is 0 Å². The van der Waals surface area contributed by atoms with Gasteiger partial charge in [-0.2, -0.15) is 0 Å². The van der Waals surface area contributed by atoms with Crippen molar-refractivity contribution in [3.63, 3.8) is 0 Å². The maximum Gasteiger partial charge on any atom is 0.251 e. The Bertz CT molecular complexity index is 1030. The summed E-state index contributed by atoms with van der Waals surface area (Å²) in [6.45, 7) is 6.01. The number of amides is 2. The molecule has 154 valence electrons. The third-order valence-electron chi connectivity index (χ3n) is 4.89. The highest BCUT2D eigenvalue weighted by atomic mass is 16.2. The predicted molar refractivity (Wildman–Crippen MR) is 122 cm³/mol. The van der Waals surface area contributed by atoms with E-state index in [0.29, 0.717) is 11.3 Å². The molecule has 0 spiro atoms. The fourth-order valence-corrected chi connectivity index (χ4v) is 3.12. The lowest BCUT2D eigenvalue weighted by molar-refractivity contribution is -0.114. The number of nitrogens with one attached hydrogen (secondary N) is 3. The summed E-state index contributed by atoms with van der Waals surface area (Å²) in [5, 5.41) is 9.01. The van der Waals surface area contributed by atoms with E-state index in [1.165, 1.54) is 0 Å². The first-order chi connectivity index (χ1) is 14.4. The SMILES string of the molecule is Cc1ccc(C)c(NC(=O)CNc2cccc(C(=O)NC(C)c3ccccc3)c2)c1. The Hall–Kier alpha value is -3.60. The zero-order valence-electron chi connectivity index (χ0n) is 17.5. The van der Waals surface area contributed by atoms with Crippen LogP contribution in [0.1, 0.15) is 40.0 Å². The number of carbonyl (C=O) groups is 2. The standard InChI is InChI=1S/C25H27N3O2/c1-17-12-13-18(2)23(14-17)28-24(29)16-26-22-11-7-10-21(15-22)25(30)27-19(3)20-8-5-4-6-9-20/h4-15,19,26H,16H2,1-3H3,(H,27,30)(H,28,29). The third-order valence-corrected chi connectivity index (χ3v) is 4.89. The molecule has 3 aromatic carbocycles. The largest absolute Gasteiger partial charge is 0.376 e. The highest BCUT2D eigenvalue weighted by molar-refractivity contribution is 5.96. The number of hydrogen-bond donors (Lipinski definition) is 3. The van der Waals surface area contributed by atoms with Crippen molar-refractivity contribution in [2.45, 2.75) is 26.8 Å². The Balaban J connectivity index is 1.57. The van der Waals surface area contributed by atoms with Crippen LogP contribution in [-0.2, 0) is 4.79 Å². The molecule has 5 nitrogen and oxygen atoms in total. The summed E-state index contributed by atoms with van der Waals surface area (Å²) in [4.78, 5) is 24.9. The molecule has 3 N–H and O–H groups in total. The third kappa shape index (κ3) is 5.70. The van der Waals surface area contributed by atoms with E-state index < -0.39 is 0 Å². The molecule has 0 radical (unpaired) electrons. The molecular formula is C25H27N3O2. The monoisotopic (exact) mass is 401 g/mol. The van der Waals surface area contributed by atoms with Gasteiger partial charge in [0, 0.05) is 16.9 Å². The Morgan fingerprint density at radius 1 is 0.900 bits per heavy atom. The van der Waals surface area contributed by atoms with E-state index in [2.05, 4.69) is 16.0 Å². The number of anilines is 2. The van der Waals surface area contributed by atoms with E-state index in [4.69, 9.17) is 0 Å². The van der Waals surface area contributed by atoms with E-state index in [1.54, 1.807) is 18.2 Å². The maximum absolute atomic E-state index is 12.6. The van der Waals surface area contributed by atoms with Gasteiger partial charge < -0.3 is 16.0 Å². The minimum Gasteiger partial charge on any atom is -0.376 e. The van der Waals surface area contributed by atoms with Gasteiger partial charge in [0.25, 0.3) is 5.91 Å². The van der Waals surface area contributed by atoms with Crippen molar-refractivity contribution in [3.05, 3.63) is 95.1 Å². The molecule has 0 aromatic heterocycles. The van der Waals surface area contributed by atoms with Gasteiger partial charge in [0.15, 0.2) is 0 Å². The van der Waals surface area contributed by atoms with Crippen LogP contribution in [0.25, 0.3) is 0 Å². The zero-order chi connectivity index (χ0) is 21.5. The predicted octanol–water partition coefficient (Wildman–Crippen LogP) is 4.85. The Morgan fingerprint density at radius 3 is 2.43 bits per heavy atom. The second-order valence-corrected chi connectivity index (χ2v) is 7.41.